The first-order valence-corrected chi connectivity index (χ1v) is 7.06. The fraction of sp³-hybridized carbons (Fsp3) is 0.643. The normalized spacial score (nSPS) is 20.4. The number of hydrogen-bond acceptors (Lipinski definition) is 4. The van der Waals surface area contributed by atoms with Gasteiger partial charge >= 0.3 is 0 Å². The number of carbonyl (C=O) groups is 1. The fourth-order valence-electron chi connectivity index (χ4n) is 2.71. The lowest BCUT2D eigenvalue weighted by Crippen LogP contribution is -2.39. The van der Waals surface area contributed by atoms with Gasteiger partial charge in [0.15, 0.2) is 0 Å². The van der Waals surface area contributed by atoms with E-state index in [0.717, 1.165) is 31.7 Å². The van der Waals surface area contributed by atoms with E-state index in [0.29, 0.717) is 5.92 Å². The molecule has 0 aromatic carbocycles. The van der Waals surface area contributed by atoms with E-state index in [1.807, 2.05) is 0 Å². The van der Waals surface area contributed by atoms with E-state index in [1.54, 1.807) is 13.4 Å². The Morgan fingerprint density at radius 3 is 2.63 bits per heavy atom. The Bertz CT molecular complexity index is 464. The van der Waals surface area contributed by atoms with Gasteiger partial charge in [0.05, 0.1) is 0 Å². The van der Waals surface area contributed by atoms with E-state index >= 15 is 0 Å². The minimum Gasteiger partial charge on any atom is -0.359 e. The van der Waals surface area contributed by atoms with E-state index in [-0.39, 0.29) is 11.8 Å². The van der Waals surface area contributed by atoms with Crippen molar-refractivity contribution in [2.45, 2.75) is 31.6 Å². The van der Waals surface area contributed by atoms with Gasteiger partial charge in [0, 0.05) is 43.7 Å². The minimum absolute atomic E-state index is 0.158. The van der Waals surface area contributed by atoms with Crippen molar-refractivity contribution in [2.75, 3.05) is 25.0 Å². The molecule has 5 heteroatoms. The molecule has 19 heavy (non-hydrogen) atoms. The van der Waals surface area contributed by atoms with E-state index < -0.39 is 0 Å². The molecule has 0 unspecified atom stereocenters. The van der Waals surface area contributed by atoms with E-state index in [4.69, 9.17) is 0 Å². The fourth-order valence-corrected chi connectivity index (χ4v) is 2.71. The third kappa shape index (κ3) is 2.69. The van der Waals surface area contributed by atoms with Crippen LogP contribution in [0.2, 0.25) is 0 Å². The van der Waals surface area contributed by atoms with E-state index in [1.165, 1.54) is 18.5 Å². The molecule has 2 heterocycles. The Hall–Kier alpha value is -1.65. The summed E-state index contributed by atoms with van der Waals surface area (Å²) in [5.74, 6) is 2.00. The summed E-state index contributed by atoms with van der Waals surface area (Å²) in [6.07, 6.45) is 6.00. The number of anilines is 1. The van der Waals surface area contributed by atoms with Crippen molar-refractivity contribution in [1.29, 1.82) is 0 Å². The van der Waals surface area contributed by atoms with Crippen LogP contribution < -0.4 is 10.2 Å². The molecule has 1 amide bonds. The average Bonchev–Trinajstić information content (AvgIpc) is 3.31. The second kappa shape index (κ2) is 5.15. The summed E-state index contributed by atoms with van der Waals surface area (Å²) >= 11 is 0. The number of piperidine rings is 1. The van der Waals surface area contributed by atoms with Crippen LogP contribution in [0, 0.1) is 5.92 Å². The molecule has 1 aliphatic carbocycles. The highest BCUT2D eigenvalue weighted by atomic mass is 16.1. The van der Waals surface area contributed by atoms with Gasteiger partial charge in [-0.1, -0.05) is 0 Å². The molecule has 1 saturated carbocycles. The lowest BCUT2D eigenvalue weighted by molar-refractivity contribution is -0.125. The number of amides is 1. The number of nitrogens with zero attached hydrogens (tertiary/aromatic N) is 3. The van der Waals surface area contributed by atoms with Crippen LogP contribution in [0.3, 0.4) is 0 Å². The smallest absolute Gasteiger partial charge is 0.222 e. The highest BCUT2D eigenvalue weighted by molar-refractivity contribution is 5.78. The highest BCUT2D eigenvalue weighted by Gasteiger charge is 2.28. The lowest BCUT2D eigenvalue weighted by Gasteiger charge is -2.32. The predicted molar refractivity (Wildman–Crippen MR) is 73.0 cm³/mol. The van der Waals surface area contributed by atoms with Crippen molar-refractivity contribution in [3.05, 3.63) is 18.1 Å². The monoisotopic (exact) mass is 260 g/mol. The molecule has 0 atom stereocenters. The molecule has 3 rings (SSSR count). The van der Waals surface area contributed by atoms with E-state index in [9.17, 15) is 4.79 Å². The third-order valence-electron chi connectivity index (χ3n) is 4.11. The summed E-state index contributed by atoms with van der Waals surface area (Å²) < 4.78 is 0. The Morgan fingerprint density at radius 1 is 1.26 bits per heavy atom. The number of hydrogen-bond donors (Lipinski definition) is 1. The first-order chi connectivity index (χ1) is 9.28. The van der Waals surface area contributed by atoms with Crippen LogP contribution in [0.5, 0.6) is 0 Å². The Balaban J connectivity index is 1.64. The summed E-state index contributed by atoms with van der Waals surface area (Å²) in [4.78, 5) is 22.6. The zero-order valence-electron chi connectivity index (χ0n) is 11.3. The molecule has 5 nitrogen and oxygen atoms in total. The van der Waals surface area contributed by atoms with Crippen LogP contribution in [-0.4, -0.2) is 36.0 Å². The van der Waals surface area contributed by atoms with Crippen LogP contribution in [0.4, 0.5) is 5.82 Å². The molecule has 102 valence electrons. The summed E-state index contributed by atoms with van der Waals surface area (Å²) in [6, 6.07) is 2.12. The molecular formula is C14H20N4O. The van der Waals surface area contributed by atoms with Gasteiger partial charge in [-0.25, -0.2) is 9.97 Å². The van der Waals surface area contributed by atoms with Crippen molar-refractivity contribution in [3.63, 3.8) is 0 Å². The zero-order chi connectivity index (χ0) is 13.2. The molecule has 0 bridgehead atoms. The van der Waals surface area contributed by atoms with Gasteiger partial charge in [-0.3, -0.25) is 4.79 Å². The standard InChI is InChI=1S/C14H20N4O/c1-15-14(19)11-4-6-18(7-5-11)13-8-12(10-2-3-10)16-9-17-13/h8-11H,2-7H2,1H3,(H,15,19). The molecule has 1 aliphatic heterocycles. The SMILES string of the molecule is CNC(=O)C1CCN(c2cc(C3CC3)ncn2)CC1. The topological polar surface area (TPSA) is 58.1 Å². The molecule has 0 spiro atoms. The highest BCUT2D eigenvalue weighted by Crippen LogP contribution is 2.39. The van der Waals surface area contributed by atoms with Crippen molar-refractivity contribution in [2.24, 2.45) is 5.92 Å². The van der Waals surface area contributed by atoms with Gasteiger partial charge in [-0.2, -0.15) is 0 Å². The van der Waals surface area contributed by atoms with Crippen LogP contribution in [0.1, 0.15) is 37.3 Å². The van der Waals surface area contributed by atoms with E-state index in [2.05, 4.69) is 26.3 Å². The Morgan fingerprint density at radius 2 is 2.00 bits per heavy atom. The van der Waals surface area contributed by atoms with Crippen molar-refractivity contribution in [1.82, 2.24) is 15.3 Å². The summed E-state index contributed by atoms with van der Waals surface area (Å²) in [5.41, 5.74) is 1.18. The largest absolute Gasteiger partial charge is 0.359 e. The zero-order valence-corrected chi connectivity index (χ0v) is 11.3. The maximum Gasteiger partial charge on any atom is 0.222 e. The minimum atomic E-state index is 0.158. The summed E-state index contributed by atoms with van der Waals surface area (Å²) in [5, 5.41) is 2.74. The van der Waals surface area contributed by atoms with Crippen LogP contribution in [0.25, 0.3) is 0 Å². The second-order valence-corrected chi connectivity index (χ2v) is 5.45. The van der Waals surface area contributed by atoms with Gasteiger partial charge in [-0.15, -0.1) is 0 Å². The molecule has 2 aliphatic rings. The van der Waals surface area contributed by atoms with Crippen molar-refractivity contribution in [3.8, 4) is 0 Å². The number of nitrogens with one attached hydrogen (secondary N) is 1. The molecule has 2 fully saturated rings. The van der Waals surface area contributed by atoms with Gasteiger partial charge < -0.3 is 10.2 Å². The van der Waals surface area contributed by atoms with Crippen molar-refractivity contribution < 1.29 is 4.79 Å². The van der Waals surface area contributed by atoms with Gasteiger partial charge in [0.1, 0.15) is 12.1 Å². The molecule has 1 aromatic rings. The molecule has 0 radical (unpaired) electrons. The molecule has 1 aromatic heterocycles. The Kier molecular flexibility index (Phi) is 3.36. The summed E-state index contributed by atoms with van der Waals surface area (Å²) in [7, 11) is 1.71. The molecule has 1 saturated heterocycles. The van der Waals surface area contributed by atoms with Crippen LogP contribution in [0.15, 0.2) is 12.4 Å². The van der Waals surface area contributed by atoms with Crippen molar-refractivity contribution >= 4 is 11.7 Å². The molecular weight excluding hydrogens is 240 g/mol. The number of rotatable bonds is 3. The Labute approximate surface area is 113 Å². The quantitative estimate of drug-likeness (QED) is 0.890. The summed E-state index contributed by atoms with van der Waals surface area (Å²) in [6.45, 7) is 1.80. The average molecular weight is 260 g/mol. The first kappa shape index (κ1) is 12.4. The lowest BCUT2D eigenvalue weighted by atomic mass is 9.96. The molecule has 1 N–H and O–H groups in total. The maximum absolute atomic E-state index is 11.6. The van der Waals surface area contributed by atoms with Crippen LogP contribution >= 0.6 is 0 Å². The second-order valence-electron chi connectivity index (χ2n) is 5.45. The van der Waals surface area contributed by atoms with Gasteiger partial charge in [-0.05, 0) is 25.7 Å². The third-order valence-corrected chi connectivity index (χ3v) is 4.11. The first-order valence-electron chi connectivity index (χ1n) is 7.06. The van der Waals surface area contributed by atoms with Crippen LogP contribution in [-0.2, 0) is 4.79 Å². The number of aromatic nitrogens is 2. The maximum atomic E-state index is 11.6. The predicted octanol–water partition coefficient (Wildman–Crippen LogP) is 1.32. The van der Waals surface area contributed by atoms with Gasteiger partial charge in [0.25, 0.3) is 0 Å². The van der Waals surface area contributed by atoms with Gasteiger partial charge in [0.2, 0.25) is 5.91 Å². The number of carbonyl (C=O) groups excluding carboxylic acids is 1.